The summed E-state index contributed by atoms with van der Waals surface area (Å²) in [7, 11) is 0. The molecule has 1 atom stereocenters. The van der Waals surface area contributed by atoms with E-state index in [4.69, 9.17) is 26.4 Å². The molecule has 2 amide bonds. The van der Waals surface area contributed by atoms with Gasteiger partial charge in [0.1, 0.15) is 11.6 Å². The highest BCUT2D eigenvalue weighted by Gasteiger charge is 2.24. The SMILES string of the molecule is CCOC(C(=O)NCc1ccc(C(=N)N)cc1)n1cc(C)c(-c2ccccc2OCC(N)=O)n1. The van der Waals surface area contributed by atoms with E-state index in [1.54, 1.807) is 49.5 Å². The fraction of sp³-hybridized carbons (Fsp3) is 0.250. The van der Waals surface area contributed by atoms with Crippen molar-refractivity contribution in [1.29, 1.82) is 5.41 Å². The molecule has 0 fully saturated rings. The monoisotopic (exact) mass is 464 g/mol. The van der Waals surface area contributed by atoms with Crippen molar-refractivity contribution in [3.05, 3.63) is 71.4 Å². The number of nitrogen functional groups attached to an aromatic ring is 1. The van der Waals surface area contributed by atoms with Crippen LogP contribution in [0.4, 0.5) is 0 Å². The Bertz CT molecular complexity index is 1170. The van der Waals surface area contributed by atoms with Crippen LogP contribution in [0.1, 0.15) is 29.8 Å². The van der Waals surface area contributed by atoms with Gasteiger partial charge in [0.05, 0.1) is 5.69 Å². The Kier molecular flexibility index (Phi) is 7.99. The summed E-state index contributed by atoms with van der Waals surface area (Å²) in [6.45, 7) is 3.98. The number of benzene rings is 2. The first-order chi connectivity index (χ1) is 16.3. The summed E-state index contributed by atoms with van der Waals surface area (Å²) in [6.07, 6.45) is 0.745. The number of rotatable bonds is 11. The zero-order chi connectivity index (χ0) is 24.7. The van der Waals surface area contributed by atoms with Gasteiger partial charge in [-0.1, -0.05) is 36.4 Å². The lowest BCUT2D eigenvalue weighted by molar-refractivity contribution is -0.139. The maximum Gasteiger partial charge on any atom is 0.272 e. The lowest BCUT2D eigenvalue weighted by Crippen LogP contribution is -2.34. The number of amidine groups is 1. The third-order valence-corrected chi connectivity index (χ3v) is 4.95. The second kappa shape index (κ2) is 11.1. The van der Waals surface area contributed by atoms with E-state index >= 15 is 0 Å². The van der Waals surface area contributed by atoms with Crippen LogP contribution >= 0.6 is 0 Å². The zero-order valence-electron chi connectivity index (χ0n) is 19.1. The molecule has 0 aliphatic heterocycles. The third-order valence-electron chi connectivity index (χ3n) is 4.95. The average molecular weight is 465 g/mol. The lowest BCUT2D eigenvalue weighted by Gasteiger charge is -2.17. The van der Waals surface area contributed by atoms with Crippen LogP contribution in [0.3, 0.4) is 0 Å². The Labute approximate surface area is 197 Å². The normalized spacial score (nSPS) is 11.6. The van der Waals surface area contributed by atoms with Gasteiger partial charge >= 0.3 is 0 Å². The molecule has 0 aliphatic carbocycles. The molecule has 0 spiro atoms. The predicted octanol–water partition coefficient (Wildman–Crippen LogP) is 1.86. The van der Waals surface area contributed by atoms with Crippen molar-refractivity contribution < 1.29 is 19.1 Å². The molecule has 1 aromatic heterocycles. The van der Waals surface area contributed by atoms with Gasteiger partial charge in [0, 0.05) is 30.5 Å². The molecule has 0 saturated carbocycles. The minimum Gasteiger partial charge on any atom is -0.483 e. The first kappa shape index (κ1) is 24.5. The third kappa shape index (κ3) is 5.99. The maximum atomic E-state index is 13.0. The van der Waals surface area contributed by atoms with Gasteiger partial charge in [0.15, 0.2) is 6.61 Å². The first-order valence-corrected chi connectivity index (χ1v) is 10.7. The molecule has 10 heteroatoms. The summed E-state index contributed by atoms with van der Waals surface area (Å²) in [5.74, 6) is -0.495. The van der Waals surface area contributed by atoms with Crippen LogP contribution in [0, 0.1) is 12.3 Å². The van der Waals surface area contributed by atoms with Gasteiger partial charge in [0.2, 0.25) is 6.23 Å². The van der Waals surface area contributed by atoms with E-state index < -0.39 is 12.1 Å². The fourth-order valence-corrected chi connectivity index (χ4v) is 3.31. The van der Waals surface area contributed by atoms with Gasteiger partial charge in [-0.05, 0) is 37.1 Å². The van der Waals surface area contributed by atoms with Gasteiger partial charge in [0.25, 0.3) is 11.8 Å². The molecule has 10 nitrogen and oxygen atoms in total. The van der Waals surface area contributed by atoms with Crippen LogP contribution in [0.15, 0.2) is 54.7 Å². The molecule has 0 saturated heterocycles. The Morgan fingerprint density at radius 2 is 1.85 bits per heavy atom. The number of carbonyl (C=O) groups is 2. The number of primary amides is 1. The highest BCUT2D eigenvalue weighted by atomic mass is 16.5. The number of hydrogen-bond acceptors (Lipinski definition) is 6. The summed E-state index contributed by atoms with van der Waals surface area (Å²) in [6, 6.07) is 14.2. The van der Waals surface area contributed by atoms with Crippen LogP contribution in [0.2, 0.25) is 0 Å². The Morgan fingerprint density at radius 1 is 1.15 bits per heavy atom. The van der Waals surface area contributed by atoms with Gasteiger partial charge in [-0.3, -0.25) is 15.0 Å². The van der Waals surface area contributed by atoms with E-state index in [2.05, 4.69) is 10.4 Å². The molecule has 0 aliphatic rings. The average Bonchev–Trinajstić information content (AvgIpc) is 3.20. The number of nitrogens with one attached hydrogen (secondary N) is 2. The van der Waals surface area contributed by atoms with Crippen molar-refractivity contribution in [3.8, 4) is 17.0 Å². The molecule has 3 aromatic rings. The summed E-state index contributed by atoms with van der Waals surface area (Å²) in [5, 5.41) is 14.9. The lowest BCUT2D eigenvalue weighted by atomic mass is 10.1. The van der Waals surface area contributed by atoms with Crippen molar-refractivity contribution in [3.63, 3.8) is 0 Å². The predicted molar refractivity (Wildman–Crippen MR) is 127 cm³/mol. The molecule has 178 valence electrons. The number of para-hydroxylation sites is 1. The largest absolute Gasteiger partial charge is 0.483 e. The van der Waals surface area contributed by atoms with Crippen LogP contribution in [0.25, 0.3) is 11.3 Å². The summed E-state index contributed by atoms with van der Waals surface area (Å²) in [5.41, 5.74) is 14.2. The second-order valence-electron chi connectivity index (χ2n) is 7.53. The molecular weight excluding hydrogens is 436 g/mol. The molecule has 0 radical (unpaired) electrons. The minimum absolute atomic E-state index is 0.0153. The Morgan fingerprint density at radius 3 is 2.50 bits per heavy atom. The van der Waals surface area contributed by atoms with E-state index in [0.29, 0.717) is 29.2 Å². The molecule has 1 unspecified atom stereocenters. The van der Waals surface area contributed by atoms with Crippen LogP contribution in [-0.2, 0) is 20.9 Å². The molecule has 2 aromatic carbocycles. The molecular formula is C24H28N6O4. The summed E-state index contributed by atoms with van der Waals surface area (Å²) < 4.78 is 12.7. The smallest absolute Gasteiger partial charge is 0.272 e. The number of ether oxygens (including phenoxy) is 2. The summed E-state index contributed by atoms with van der Waals surface area (Å²) >= 11 is 0. The van der Waals surface area contributed by atoms with Gasteiger partial charge < -0.3 is 26.3 Å². The molecule has 0 bridgehead atoms. The topological polar surface area (TPSA) is 158 Å². The second-order valence-corrected chi connectivity index (χ2v) is 7.53. The number of aryl methyl sites for hydroxylation is 1. The van der Waals surface area contributed by atoms with Gasteiger partial charge in [-0.25, -0.2) is 4.68 Å². The first-order valence-electron chi connectivity index (χ1n) is 10.7. The highest BCUT2D eigenvalue weighted by Crippen LogP contribution is 2.31. The fourth-order valence-electron chi connectivity index (χ4n) is 3.31. The van der Waals surface area contributed by atoms with E-state index in [1.165, 1.54) is 4.68 Å². The number of nitrogens with zero attached hydrogens (tertiary/aromatic N) is 2. The number of hydrogen-bond donors (Lipinski definition) is 4. The zero-order valence-corrected chi connectivity index (χ0v) is 19.1. The van der Waals surface area contributed by atoms with Crippen molar-refractivity contribution in [2.45, 2.75) is 26.6 Å². The van der Waals surface area contributed by atoms with E-state index in [-0.39, 0.29) is 24.9 Å². The van der Waals surface area contributed by atoms with Crippen LogP contribution in [-0.4, -0.2) is 40.6 Å². The minimum atomic E-state index is -0.979. The van der Waals surface area contributed by atoms with Crippen molar-refractivity contribution in [1.82, 2.24) is 15.1 Å². The van der Waals surface area contributed by atoms with Crippen LogP contribution in [0.5, 0.6) is 5.75 Å². The number of aromatic nitrogens is 2. The molecule has 3 rings (SSSR count). The molecule has 1 heterocycles. The van der Waals surface area contributed by atoms with Crippen LogP contribution < -0.4 is 21.5 Å². The standard InChI is InChI=1S/C24H28N6O4/c1-3-33-24(23(32)28-12-16-8-10-17(11-9-16)22(26)27)30-13-15(2)21(29-30)18-6-4-5-7-19(18)34-14-20(25)31/h4-11,13,24H,3,12,14H2,1-2H3,(H2,25,31)(H3,26,27)(H,28,32). The maximum absolute atomic E-state index is 13.0. The number of carbonyl (C=O) groups excluding carboxylic acids is 2. The van der Waals surface area contributed by atoms with E-state index in [0.717, 1.165) is 11.1 Å². The highest BCUT2D eigenvalue weighted by molar-refractivity contribution is 5.94. The van der Waals surface area contributed by atoms with E-state index in [1.807, 2.05) is 19.1 Å². The van der Waals surface area contributed by atoms with Gasteiger partial charge in [-0.15, -0.1) is 0 Å². The molecule has 6 N–H and O–H groups in total. The summed E-state index contributed by atoms with van der Waals surface area (Å²) in [4.78, 5) is 24.1. The van der Waals surface area contributed by atoms with Crippen molar-refractivity contribution in [2.24, 2.45) is 11.5 Å². The van der Waals surface area contributed by atoms with Crippen molar-refractivity contribution in [2.75, 3.05) is 13.2 Å². The van der Waals surface area contributed by atoms with E-state index in [9.17, 15) is 9.59 Å². The number of amides is 2. The van der Waals surface area contributed by atoms with Gasteiger partial charge in [-0.2, -0.15) is 5.10 Å². The Balaban J connectivity index is 1.79. The Hall–Kier alpha value is -4.18. The molecule has 34 heavy (non-hydrogen) atoms. The number of nitrogens with two attached hydrogens (primary N) is 2. The van der Waals surface area contributed by atoms with Crippen molar-refractivity contribution >= 4 is 17.6 Å². The quantitative estimate of drug-likeness (QED) is 0.250.